The Labute approximate surface area is 155 Å². The Hall–Kier alpha value is -1.92. The third kappa shape index (κ3) is 4.07. The Bertz CT molecular complexity index is 767. The highest BCUT2D eigenvalue weighted by atomic mass is 16.5. The van der Waals surface area contributed by atoms with E-state index in [-0.39, 0.29) is 5.78 Å². The molecule has 1 aliphatic heterocycles. The van der Waals surface area contributed by atoms with Crippen LogP contribution in [-0.4, -0.2) is 52.1 Å². The van der Waals surface area contributed by atoms with E-state index < -0.39 is 0 Å². The van der Waals surface area contributed by atoms with Crippen molar-refractivity contribution in [3.8, 4) is 5.82 Å². The van der Waals surface area contributed by atoms with Crippen molar-refractivity contribution in [3.05, 3.63) is 34.8 Å². The number of hydrogen-bond acceptors (Lipinski definition) is 5. The quantitative estimate of drug-likeness (QED) is 0.804. The molecule has 0 aliphatic carbocycles. The number of carbonyl (C=O) groups excluding carboxylic acids is 1. The van der Waals surface area contributed by atoms with Crippen molar-refractivity contribution in [1.82, 2.24) is 19.9 Å². The van der Waals surface area contributed by atoms with Crippen LogP contribution in [-0.2, 0) is 0 Å². The first-order valence-corrected chi connectivity index (χ1v) is 9.49. The van der Waals surface area contributed by atoms with E-state index in [1.54, 1.807) is 0 Å². The fraction of sp³-hybridized carbons (Fsp3) is 0.600. The average Bonchev–Trinajstić information content (AvgIpc) is 3.11. The minimum Gasteiger partial charge on any atom is -0.360 e. The molecule has 0 unspecified atom stereocenters. The Balaban J connectivity index is 1.66. The molecule has 1 N–H and O–H groups in total. The van der Waals surface area contributed by atoms with E-state index in [1.165, 1.54) is 0 Å². The molecule has 1 fully saturated rings. The van der Waals surface area contributed by atoms with Gasteiger partial charge in [-0.3, -0.25) is 14.3 Å². The normalized spacial score (nSPS) is 16.5. The minimum atomic E-state index is 0.180. The molecule has 0 spiro atoms. The molecule has 2 aromatic rings. The summed E-state index contributed by atoms with van der Waals surface area (Å²) in [6, 6.07) is 4.94. The highest BCUT2D eigenvalue weighted by Gasteiger charge is 2.24. The number of aromatic nitrogens is 2. The molecule has 1 aliphatic rings. The summed E-state index contributed by atoms with van der Waals surface area (Å²) in [5.41, 5.74) is 2.71. The molecule has 6 heteroatoms. The van der Waals surface area contributed by atoms with E-state index in [0.29, 0.717) is 18.6 Å². The monoisotopic (exact) mass is 358 g/mol. The molecule has 3 rings (SSSR count). The van der Waals surface area contributed by atoms with Crippen molar-refractivity contribution in [1.29, 1.82) is 0 Å². The molecule has 0 radical (unpaired) electrons. The van der Waals surface area contributed by atoms with E-state index in [2.05, 4.69) is 29.2 Å². The zero-order valence-electron chi connectivity index (χ0n) is 16.5. The average molecular weight is 358 g/mol. The van der Waals surface area contributed by atoms with Crippen molar-refractivity contribution < 1.29 is 9.32 Å². The van der Waals surface area contributed by atoms with Crippen molar-refractivity contribution in [3.63, 3.8) is 0 Å². The van der Waals surface area contributed by atoms with Gasteiger partial charge in [-0.05, 0) is 39.7 Å². The summed E-state index contributed by atoms with van der Waals surface area (Å²) in [4.78, 5) is 15.2. The topological polar surface area (TPSA) is 63.3 Å². The minimum absolute atomic E-state index is 0.180. The molecule has 1 saturated heterocycles. The van der Waals surface area contributed by atoms with Crippen molar-refractivity contribution in [2.45, 2.75) is 59.5 Å². The molecule has 0 atom stereocenters. The second kappa shape index (κ2) is 7.76. The summed E-state index contributed by atoms with van der Waals surface area (Å²) in [5, 5.41) is 7.68. The molecule has 3 heterocycles. The van der Waals surface area contributed by atoms with E-state index in [0.717, 1.165) is 54.5 Å². The van der Waals surface area contributed by atoms with Gasteiger partial charge in [-0.1, -0.05) is 19.0 Å². The van der Waals surface area contributed by atoms with E-state index in [4.69, 9.17) is 4.52 Å². The molecular formula is C20H30N4O2. The van der Waals surface area contributed by atoms with Crippen LogP contribution in [0.2, 0.25) is 0 Å². The fourth-order valence-electron chi connectivity index (χ4n) is 3.87. The Morgan fingerprint density at radius 1 is 1.27 bits per heavy atom. The SMILES string of the molecule is Cc1cc(-n2c(C)cc(C(=O)CN3CCC(NC(C)C)CC3)c2C)no1. The predicted octanol–water partition coefficient (Wildman–Crippen LogP) is 3.04. The fourth-order valence-corrected chi connectivity index (χ4v) is 3.87. The summed E-state index contributed by atoms with van der Waals surface area (Å²) < 4.78 is 7.18. The molecule has 0 amide bonds. The lowest BCUT2D eigenvalue weighted by molar-refractivity contribution is 0.0902. The molecule has 0 aromatic carbocycles. The van der Waals surface area contributed by atoms with Crippen LogP contribution in [0.15, 0.2) is 16.7 Å². The van der Waals surface area contributed by atoms with E-state index in [1.807, 2.05) is 37.5 Å². The number of hydrogen-bond donors (Lipinski definition) is 1. The largest absolute Gasteiger partial charge is 0.360 e. The maximum absolute atomic E-state index is 12.9. The molecule has 6 nitrogen and oxygen atoms in total. The van der Waals surface area contributed by atoms with Crippen molar-refractivity contribution in [2.24, 2.45) is 0 Å². The molecule has 0 bridgehead atoms. The van der Waals surface area contributed by atoms with E-state index in [9.17, 15) is 4.79 Å². The van der Waals surface area contributed by atoms with Gasteiger partial charge in [0.05, 0.1) is 6.54 Å². The third-order valence-electron chi connectivity index (χ3n) is 5.10. The Kier molecular flexibility index (Phi) is 5.63. The summed E-state index contributed by atoms with van der Waals surface area (Å²) in [7, 11) is 0. The summed E-state index contributed by atoms with van der Waals surface area (Å²) in [5.74, 6) is 1.68. The van der Waals surface area contributed by atoms with Gasteiger partial charge >= 0.3 is 0 Å². The van der Waals surface area contributed by atoms with Gasteiger partial charge in [0.1, 0.15) is 5.76 Å². The lowest BCUT2D eigenvalue weighted by atomic mass is 10.0. The van der Waals surface area contributed by atoms with Crippen LogP contribution < -0.4 is 5.32 Å². The second-order valence-corrected chi connectivity index (χ2v) is 7.71. The van der Waals surface area contributed by atoms with Crippen molar-refractivity contribution >= 4 is 5.78 Å². The first kappa shape index (κ1) is 18.9. The summed E-state index contributed by atoms with van der Waals surface area (Å²) in [6.45, 7) is 12.6. The zero-order valence-corrected chi connectivity index (χ0v) is 16.5. The van der Waals surface area contributed by atoms with Crippen LogP contribution in [0.4, 0.5) is 0 Å². The maximum atomic E-state index is 12.9. The van der Waals surface area contributed by atoms with Gasteiger partial charge in [-0.25, -0.2) is 0 Å². The number of rotatable bonds is 6. The van der Waals surface area contributed by atoms with Crippen molar-refractivity contribution in [2.75, 3.05) is 19.6 Å². The van der Waals surface area contributed by atoms with Gasteiger partial charge in [0, 0.05) is 48.2 Å². The van der Waals surface area contributed by atoms with Crippen LogP contribution in [0.1, 0.15) is 54.2 Å². The number of piperidine rings is 1. The zero-order chi connectivity index (χ0) is 18.8. The standard InChI is InChI=1S/C20H30N4O2/c1-13(2)21-17-6-8-23(9-7-17)12-19(25)18-10-14(3)24(16(18)5)20-11-15(4)26-22-20/h10-11,13,17,21H,6-9,12H2,1-5H3. The molecule has 142 valence electrons. The Morgan fingerprint density at radius 3 is 2.54 bits per heavy atom. The number of carbonyl (C=O) groups is 1. The molecule has 0 saturated carbocycles. The first-order valence-electron chi connectivity index (χ1n) is 9.49. The van der Waals surface area contributed by atoms with Gasteiger partial charge in [-0.15, -0.1) is 0 Å². The molecular weight excluding hydrogens is 328 g/mol. The van der Waals surface area contributed by atoms with Crippen LogP contribution in [0, 0.1) is 20.8 Å². The molecule has 26 heavy (non-hydrogen) atoms. The van der Waals surface area contributed by atoms with Gasteiger partial charge in [0.15, 0.2) is 11.6 Å². The lowest BCUT2D eigenvalue weighted by Crippen LogP contribution is -2.46. The number of nitrogens with zero attached hydrogens (tertiary/aromatic N) is 3. The van der Waals surface area contributed by atoms with Gasteiger partial charge in [0.25, 0.3) is 0 Å². The summed E-state index contributed by atoms with van der Waals surface area (Å²) in [6.07, 6.45) is 2.20. The van der Waals surface area contributed by atoms with Gasteiger partial charge < -0.3 is 9.84 Å². The third-order valence-corrected chi connectivity index (χ3v) is 5.10. The number of aryl methyl sites for hydroxylation is 2. The highest BCUT2D eigenvalue weighted by Crippen LogP contribution is 2.22. The smallest absolute Gasteiger partial charge is 0.180 e. The van der Waals surface area contributed by atoms with Crippen LogP contribution in [0.25, 0.3) is 5.82 Å². The number of Topliss-reactive ketones (excluding diaryl/α,β-unsaturated/α-hetero) is 1. The second-order valence-electron chi connectivity index (χ2n) is 7.71. The van der Waals surface area contributed by atoms with Crippen LogP contribution in [0.5, 0.6) is 0 Å². The van der Waals surface area contributed by atoms with Gasteiger partial charge in [0.2, 0.25) is 0 Å². The van der Waals surface area contributed by atoms with Crippen LogP contribution >= 0.6 is 0 Å². The maximum Gasteiger partial charge on any atom is 0.180 e. The van der Waals surface area contributed by atoms with Crippen LogP contribution in [0.3, 0.4) is 0 Å². The lowest BCUT2D eigenvalue weighted by Gasteiger charge is -2.33. The first-order chi connectivity index (χ1) is 12.3. The molecule has 2 aromatic heterocycles. The van der Waals surface area contributed by atoms with E-state index >= 15 is 0 Å². The number of ketones is 1. The number of nitrogens with one attached hydrogen (secondary N) is 1. The summed E-state index contributed by atoms with van der Waals surface area (Å²) >= 11 is 0. The Morgan fingerprint density at radius 2 is 1.96 bits per heavy atom. The predicted molar refractivity (Wildman–Crippen MR) is 102 cm³/mol. The van der Waals surface area contributed by atoms with Gasteiger partial charge in [-0.2, -0.15) is 0 Å². The number of likely N-dealkylation sites (tertiary alicyclic amines) is 1. The highest BCUT2D eigenvalue weighted by molar-refractivity contribution is 5.99.